The molecule has 0 saturated carbocycles. The summed E-state index contributed by atoms with van der Waals surface area (Å²) >= 11 is 0. The molecule has 7 heteroatoms. The summed E-state index contributed by atoms with van der Waals surface area (Å²) in [6.45, 7) is 2.00. The molecule has 0 aromatic heterocycles. The number of methoxy groups -OCH3 is 2. The first-order chi connectivity index (χ1) is 14.9. The van der Waals surface area contributed by atoms with Crippen LogP contribution in [-0.4, -0.2) is 32.8 Å². The van der Waals surface area contributed by atoms with Crippen molar-refractivity contribution in [3.05, 3.63) is 89.5 Å². The van der Waals surface area contributed by atoms with Crippen molar-refractivity contribution >= 4 is 15.7 Å². The molecule has 6 nitrogen and oxygen atoms in total. The van der Waals surface area contributed by atoms with Crippen LogP contribution in [0, 0.1) is 6.92 Å². The lowest BCUT2D eigenvalue weighted by molar-refractivity contribution is 0.355. The van der Waals surface area contributed by atoms with E-state index in [-0.39, 0.29) is 4.90 Å². The highest BCUT2D eigenvalue weighted by Gasteiger charge is 2.37. The molecule has 0 fully saturated rings. The molecule has 0 unspecified atom stereocenters. The Bertz CT molecular complexity index is 1210. The Hall–Kier alpha value is -3.32. The van der Waals surface area contributed by atoms with Gasteiger partial charge in [0.15, 0.2) is 11.5 Å². The van der Waals surface area contributed by atoms with Crippen LogP contribution in [-0.2, 0) is 10.0 Å². The zero-order valence-electron chi connectivity index (χ0n) is 17.6. The van der Waals surface area contributed by atoms with Crippen LogP contribution < -0.4 is 9.47 Å². The summed E-state index contributed by atoms with van der Waals surface area (Å²) in [5, 5.41) is 4.58. The van der Waals surface area contributed by atoms with Crippen LogP contribution in [0.3, 0.4) is 0 Å². The number of hydrogen-bond acceptors (Lipinski definition) is 5. The van der Waals surface area contributed by atoms with E-state index in [0.717, 1.165) is 16.7 Å². The Morgan fingerprint density at radius 1 is 0.903 bits per heavy atom. The third-order valence-corrected chi connectivity index (χ3v) is 7.04. The van der Waals surface area contributed by atoms with Crippen LogP contribution >= 0.6 is 0 Å². The zero-order chi connectivity index (χ0) is 22.0. The third-order valence-electron chi connectivity index (χ3n) is 5.34. The van der Waals surface area contributed by atoms with Gasteiger partial charge in [-0.25, -0.2) is 0 Å². The van der Waals surface area contributed by atoms with E-state index in [4.69, 9.17) is 9.47 Å². The van der Waals surface area contributed by atoms with Gasteiger partial charge in [-0.05, 0) is 42.8 Å². The van der Waals surface area contributed by atoms with Crippen molar-refractivity contribution in [1.29, 1.82) is 0 Å². The van der Waals surface area contributed by atoms with Crippen LogP contribution in [0.5, 0.6) is 11.5 Å². The molecule has 0 radical (unpaired) electrons. The van der Waals surface area contributed by atoms with E-state index in [9.17, 15) is 8.42 Å². The van der Waals surface area contributed by atoms with Crippen molar-refractivity contribution in [1.82, 2.24) is 4.41 Å². The maximum absolute atomic E-state index is 13.5. The maximum Gasteiger partial charge on any atom is 0.279 e. The van der Waals surface area contributed by atoms with E-state index in [1.807, 2.05) is 43.3 Å². The number of hydrazone groups is 1. The standard InChI is InChI=1S/C24H24N2O4S/c1-17-9-11-18(12-10-17)22-16-21(19-13-14-23(29-2)24(15-19)30-3)25-26(22)31(27,28)20-7-5-4-6-8-20/h4-15,22H,16H2,1-3H3/t22-/m1/s1. The van der Waals surface area contributed by atoms with Gasteiger partial charge in [0.1, 0.15) is 0 Å². The van der Waals surface area contributed by atoms with Crippen LogP contribution in [0.15, 0.2) is 82.8 Å². The summed E-state index contributed by atoms with van der Waals surface area (Å²) in [6.07, 6.45) is 0.449. The fourth-order valence-corrected chi connectivity index (χ4v) is 5.09. The summed E-state index contributed by atoms with van der Waals surface area (Å²) in [7, 11) is -0.681. The molecule has 0 bridgehead atoms. The Labute approximate surface area is 182 Å². The minimum atomic E-state index is -3.83. The molecule has 1 aliphatic heterocycles. The van der Waals surface area contributed by atoms with Crippen LogP contribution in [0.2, 0.25) is 0 Å². The van der Waals surface area contributed by atoms with E-state index in [2.05, 4.69) is 5.10 Å². The maximum atomic E-state index is 13.5. The number of benzene rings is 3. The summed E-state index contributed by atoms with van der Waals surface area (Å²) in [5.41, 5.74) is 3.47. The van der Waals surface area contributed by atoms with Gasteiger partial charge in [-0.3, -0.25) is 0 Å². The van der Waals surface area contributed by atoms with E-state index in [1.54, 1.807) is 50.6 Å². The third kappa shape index (κ3) is 4.01. The fraction of sp³-hybridized carbons (Fsp3) is 0.208. The smallest absolute Gasteiger partial charge is 0.279 e. The molecular formula is C24H24N2O4S. The molecule has 160 valence electrons. The molecule has 0 aliphatic carbocycles. The van der Waals surface area contributed by atoms with Crippen LogP contribution in [0.4, 0.5) is 0 Å². The van der Waals surface area contributed by atoms with Crippen molar-refractivity contribution < 1.29 is 17.9 Å². The van der Waals surface area contributed by atoms with Gasteiger partial charge in [0.25, 0.3) is 10.0 Å². The Morgan fingerprint density at radius 2 is 1.58 bits per heavy atom. The molecule has 0 N–H and O–H groups in total. The van der Waals surface area contributed by atoms with Gasteiger partial charge in [0, 0.05) is 12.0 Å². The molecule has 4 rings (SSSR count). The summed E-state index contributed by atoms with van der Waals surface area (Å²) < 4.78 is 38.9. The largest absolute Gasteiger partial charge is 0.493 e. The predicted molar refractivity (Wildman–Crippen MR) is 120 cm³/mol. The Balaban J connectivity index is 1.80. The minimum absolute atomic E-state index is 0.212. The zero-order valence-corrected chi connectivity index (χ0v) is 18.5. The van der Waals surface area contributed by atoms with Crippen molar-refractivity contribution in [3.63, 3.8) is 0 Å². The molecule has 1 aliphatic rings. The lowest BCUT2D eigenvalue weighted by atomic mass is 9.98. The van der Waals surface area contributed by atoms with Gasteiger partial charge in [0.2, 0.25) is 0 Å². The molecule has 0 amide bonds. The lowest BCUT2D eigenvalue weighted by Gasteiger charge is -2.23. The fourth-order valence-electron chi connectivity index (χ4n) is 3.64. The van der Waals surface area contributed by atoms with Crippen molar-refractivity contribution in [2.24, 2.45) is 5.10 Å². The molecule has 1 heterocycles. The number of aryl methyl sites for hydroxylation is 1. The molecular weight excluding hydrogens is 412 g/mol. The number of sulfonamides is 1. The molecule has 1 atom stereocenters. The molecule has 3 aromatic carbocycles. The Kier molecular flexibility index (Phi) is 5.69. The second-order valence-corrected chi connectivity index (χ2v) is 9.13. The Morgan fingerprint density at radius 3 is 2.23 bits per heavy atom. The summed E-state index contributed by atoms with van der Waals surface area (Å²) in [4.78, 5) is 0.212. The SMILES string of the molecule is COc1ccc(C2=NN(S(=O)(=O)c3ccccc3)[C@@H](c3ccc(C)cc3)C2)cc1OC. The summed E-state index contributed by atoms with van der Waals surface area (Å²) in [5.74, 6) is 1.17. The topological polar surface area (TPSA) is 68.2 Å². The normalized spacial score (nSPS) is 16.2. The van der Waals surface area contributed by atoms with Gasteiger partial charge in [-0.15, -0.1) is 0 Å². The predicted octanol–water partition coefficient (Wildman–Crippen LogP) is 4.55. The van der Waals surface area contributed by atoms with E-state index in [1.165, 1.54) is 4.41 Å². The molecule has 0 saturated heterocycles. The molecule has 0 spiro atoms. The molecule has 3 aromatic rings. The highest BCUT2D eigenvalue weighted by Crippen LogP contribution is 2.38. The van der Waals surface area contributed by atoms with Gasteiger partial charge >= 0.3 is 0 Å². The van der Waals surface area contributed by atoms with Crippen molar-refractivity contribution in [2.75, 3.05) is 14.2 Å². The van der Waals surface area contributed by atoms with Crippen LogP contribution in [0.25, 0.3) is 0 Å². The van der Waals surface area contributed by atoms with E-state index in [0.29, 0.717) is 23.6 Å². The molecule has 31 heavy (non-hydrogen) atoms. The average Bonchev–Trinajstić information content (AvgIpc) is 3.26. The summed E-state index contributed by atoms with van der Waals surface area (Å²) in [6, 6.07) is 21.3. The first-order valence-electron chi connectivity index (χ1n) is 9.90. The quantitative estimate of drug-likeness (QED) is 0.568. The average molecular weight is 437 g/mol. The number of hydrogen-bond donors (Lipinski definition) is 0. The minimum Gasteiger partial charge on any atom is -0.493 e. The highest BCUT2D eigenvalue weighted by molar-refractivity contribution is 7.89. The monoisotopic (exact) mass is 436 g/mol. The lowest BCUT2D eigenvalue weighted by Crippen LogP contribution is -2.27. The second-order valence-electron chi connectivity index (χ2n) is 7.34. The van der Waals surface area contributed by atoms with Crippen LogP contribution in [0.1, 0.15) is 29.2 Å². The highest BCUT2D eigenvalue weighted by atomic mass is 32.2. The van der Waals surface area contributed by atoms with Crippen molar-refractivity contribution in [2.45, 2.75) is 24.3 Å². The number of rotatable bonds is 6. The van der Waals surface area contributed by atoms with Gasteiger partial charge in [-0.1, -0.05) is 48.0 Å². The second kappa shape index (κ2) is 8.43. The first kappa shape index (κ1) is 20.9. The van der Waals surface area contributed by atoms with E-state index >= 15 is 0 Å². The van der Waals surface area contributed by atoms with Gasteiger partial charge in [0.05, 0.1) is 30.9 Å². The first-order valence-corrected chi connectivity index (χ1v) is 11.3. The number of ether oxygens (including phenoxy) is 2. The van der Waals surface area contributed by atoms with Crippen molar-refractivity contribution in [3.8, 4) is 11.5 Å². The van der Waals surface area contributed by atoms with Gasteiger partial charge < -0.3 is 9.47 Å². The van der Waals surface area contributed by atoms with Gasteiger partial charge in [-0.2, -0.15) is 17.9 Å². The number of nitrogens with zero attached hydrogens (tertiary/aromatic N) is 2. The van der Waals surface area contributed by atoms with E-state index < -0.39 is 16.1 Å².